The number of benzene rings is 1. The van der Waals surface area contributed by atoms with Crippen molar-refractivity contribution in [2.75, 3.05) is 0 Å². The van der Waals surface area contributed by atoms with Crippen LogP contribution in [-0.2, 0) is 0 Å². The molecule has 2 rings (SSSR count). The maximum absolute atomic E-state index is 13.0. The van der Waals surface area contributed by atoms with Crippen LogP contribution in [0, 0.1) is 5.82 Å². The summed E-state index contributed by atoms with van der Waals surface area (Å²) in [6.45, 7) is 0. The van der Waals surface area contributed by atoms with Gasteiger partial charge in [-0.3, -0.25) is 0 Å². The second-order valence-corrected chi connectivity index (χ2v) is 4.65. The van der Waals surface area contributed by atoms with Crippen molar-refractivity contribution < 1.29 is 14.3 Å². The molecule has 0 fully saturated rings. The fraction of sp³-hybridized carbons (Fsp3) is 0. The van der Waals surface area contributed by atoms with Crippen LogP contribution in [-0.4, -0.2) is 11.1 Å². The lowest BCUT2D eigenvalue weighted by Crippen LogP contribution is -1.91. The third-order valence-electron chi connectivity index (χ3n) is 1.84. The summed E-state index contributed by atoms with van der Waals surface area (Å²) in [5.41, 5.74) is 0. The molecule has 0 aliphatic carbocycles. The third kappa shape index (κ3) is 1.69. The first-order valence-corrected chi connectivity index (χ1v) is 5.38. The number of halogens is 3. The summed E-state index contributed by atoms with van der Waals surface area (Å²) in [4.78, 5) is 10.7. The Bertz CT molecular complexity index is 565. The molecule has 0 atom stereocenters. The molecule has 1 heterocycles. The fourth-order valence-electron chi connectivity index (χ4n) is 1.25. The molecule has 0 bridgehead atoms. The number of carbonyl (C=O) groups is 1. The topological polar surface area (TPSA) is 37.3 Å². The maximum atomic E-state index is 13.0. The summed E-state index contributed by atoms with van der Waals surface area (Å²) < 4.78 is 13.4. The van der Waals surface area contributed by atoms with Gasteiger partial charge in [0.15, 0.2) is 0 Å². The van der Waals surface area contributed by atoms with E-state index in [1.807, 2.05) is 0 Å². The largest absolute Gasteiger partial charge is 0.477 e. The number of aromatic carboxylic acids is 1. The first-order chi connectivity index (χ1) is 7.00. The molecule has 0 spiro atoms. The molecule has 0 radical (unpaired) electrons. The van der Waals surface area contributed by atoms with Gasteiger partial charge in [-0.15, -0.1) is 11.3 Å². The number of carboxylic acids is 1. The van der Waals surface area contributed by atoms with Gasteiger partial charge >= 0.3 is 5.97 Å². The van der Waals surface area contributed by atoms with E-state index >= 15 is 0 Å². The Kier molecular flexibility index (Phi) is 2.58. The highest BCUT2D eigenvalue weighted by Crippen LogP contribution is 2.39. The molecular formula is C9H3Cl2FO2S. The molecule has 2 nitrogen and oxygen atoms in total. The monoisotopic (exact) mass is 264 g/mol. The summed E-state index contributed by atoms with van der Waals surface area (Å²) in [6.07, 6.45) is 0. The second kappa shape index (κ2) is 3.63. The van der Waals surface area contributed by atoms with Gasteiger partial charge in [-0.2, -0.15) is 0 Å². The quantitative estimate of drug-likeness (QED) is 0.844. The SMILES string of the molecule is O=C(O)c1sc2cc(F)cc(Cl)c2c1Cl. The lowest BCUT2D eigenvalue weighted by atomic mass is 10.2. The van der Waals surface area contributed by atoms with E-state index in [1.165, 1.54) is 6.07 Å². The van der Waals surface area contributed by atoms with Gasteiger partial charge < -0.3 is 5.11 Å². The molecular weight excluding hydrogens is 262 g/mol. The molecule has 0 unspecified atom stereocenters. The normalized spacial score (nSPS) is 10.9. The molecule has 2 aromatic rings. The van der Waals surface area contributed by atoms with Gasteiger partial charge in [-0.05, 0) is 12.1 Å². The van der Waals surface area contributed by atoms with Gasteiger partial charge in [-0.1, -0.05) is 23.2 Å². The molecule has 0 saturated carbocycles. The minimum absolute atomic E-state index is 0.0285. The van der Waals surface area contributed by atoms with Crippen LogP contribution in [0.25, 0.3) is 10.1 Å². The van der Waals surface area contributed by atoms with E-state index in [4.69, 9.17) is 28.3 Å². The van der Waals surface area contributed by atoms with Crippen molar-refractivity contribution >= 4 is 50.6 Å². The van der Waals surface area contributed by atoms with Gasteiger partial charge in [0.25, 0.3) is 0 Å². The Morgan fingerprint density at radius 3 is 2.67 bits per heavy atom. The Morgan fingerprint density at radius 1 is 1.40 bits per heavy atom. The molecule has 15 heavy (non-hydrogen) atoms. The number of carboxylic acid groups (broad SMARTS) is 1. The Labute approximate surface area is 97.8 Å². The van der Waals surface area contributed by atoms with Crippen LogP contribution in [0.3, 0.4) is 0 Å². The number of fused-ring (bicyclic) bond motifs is 1. The van der Waals surface area contributed by atoms with Crippen LogP contribution in [0.2, 0.25) is 10.0 Å². The van der Waals surface area contributed by atoms with Gasteiger partial charge in [0.1, 0.15) is 10.7 Å². The van der Waals surface area contributed by atoms with Crippen LogP contribution in [0.5, 0.6) is 0 Å². The summed E-state index contributed by atoms with van der Waals surface area (Å²) >= 11 is 12.5. The number of thiophene rings is 1. The average molecular weight is 265 g/mol. The molecule has 1 aromatic carbocycles. The molecule has 0 aliphatic rings. The van der Waals surface area contributed by atoms with Crippen molar-refractivity contribution in [2.24, 2.45) is 0 Å². The lowest BCUT2D eigenvalue weighted by molar-refractivity contribution is 0.0702. The van der Waals surface area contributed by atoms with Gasteiger partial charge in [0.05, 0.1) is 10.0 Å². The van der Waals surface area contributed by atoms with Crippen LogP contribution >= 0.6 is 34.5 Å². The molecule has 6 heteroatoms. The molecule has 0 saturated heterocycles. The summed E-state index contributed by atoms with van der Waals surface area (Å²) in [5, 5.41) is 9.39. The van der Waals surface area contributed by atoms with Crippen LogP contribution < -0.4 is 0 Å². The molecule has 0 amide bonds. The van der Waals surface area contributed by atoms with E-state index in [9.17, 15) is 9.18 Å². The van der Waals surface area contributed by atoms with Crippen molar-refractivity contribution in [3.05, 3.63) is 32.9 Å². The first kappa shape index (κ1) is 10.7. The molecule has 1 N–H and O–H groups in total. The maximum Gasteiger partial charge on any atom is 0.347 e. The highest BCUT2D eigenvalue weighted by molar-refractivity contribution is 7.21. The zero-order valence-corrected chi connectivity index (χ0v) is 9.38. The number of rotatable bonds is 1. The van der Waals surface area contributed by atoms with Crippen LogP contribution in [0.4, 0.5) is 4.39 Å². The summed E-state index contributed by atoms with van der Waals surface area (Å²) in [7, 11) is 0. The minimum Gasteiger partial charge on any atom is -0.477 e. The van der Waals surface area contributed by atoms with Crippen LogP contribution in [0.15, 0.2) is 12.1 Å². The first-order valence-electron chi connectivity index (χ1n) is 3.81. The van der Waals surface area contributed by atoms with E-state index in [-0.39, 0.29) is 14.9 Å². The molecule has 1 aromatic heterocycles. The summed E-state index contributed by atoms with van der Waals surface area (Å²) in [6, 6.07) is 2.32. The van der Waals surface area contributed by atoms with Gasteiger partial charge in [0, 0.05) is 10.1 Å². The predicted molar refractivity (Wildman–Crippen MR) is 58.8 cm³/mol. The van der Waals surface area contributed by atoms with Crippen molar-refractivity contribution in [3.63, 3.8) is 0 Å². The zero-order chi connectivity index (χ0) is 11.2. The summed E-state index contributed by atoms with van der Waals surface area (Å²) in [5.74, 6) is -1.65. The standard InChI is InChI=1S/C9H3Cl2FO2S/c10-4-1-3(12)2-5-6(4)7(11)8(15-5)9(13)14/h1-2H,(H,13,14). The van der Waals surface area contributed by atoms with E-state index in [1.54, 1.807) is 0 Å². The van der Waals surface area contributed by atoms with E-state index < -0.39 is 11.8 Å². The molecule has 78 valence electrons. The van der Waals surface area contributed by atoms with E-state index in [0.29, 0.717) is 10.1 Å². The zero-order valence-electron chi connectivity index (χ0n) is 7.05. The average Bonchev–Trinajstić information content (AvgIpc) is 2.42. The smallest absolute Gasteiger partial charge is 0.347 e. The van der Waals surface area contributed by atoms with Gasteiger partial charge in [0.2, 0.25) is 0 Å². The Hall–Kier alpha value is -0.840. The van der Waals surface area contributed by atoms with Crippen molar-refractivity contribution in [1.29, 1.82) is 0 Å². The third-order valence-corrected chi connectivity index (χ3v) is 3.76. The molecule has 0 aliphatic heterocycles. The Balaban J connectivity index is 2.88. The van der Waals surface area contributed by atoms with E-state index in [2.05, 4.69) is 0 Å². The Morgan fingerprint density at radius 2 is 2.07 bits per heavy atom. The minimum atomic E-state index is -1.14. The van der Waals surface area contributed by atoms with Crippen molar-refractivity contribution in [1.82, 2.24) is 0 Å². The second-order valence-electron chi connectivity index (χ2n) is 2.81. The highest BCUT2D eigenvalue weighted by atomic mass is 35.5. The van der Waals surface area contributed by atoms with Crippen molar-refractivity contribution in [3.8, 4) is 0 Å². The van der Waals surface area contributed by atoms with Gasteiger partial charge in [-0.25, -0.2) is 9.18 Å². The van der Waals surface area contributed by atoms with Crippen molar-refractivity contribution in [2.45, 2.75) is 0 Å². The lowest BCUT2D eigenvalue weighted by Gasteiger charge is -1.95. The fourth-order valence-corrected chi connectivity index (χ4v) is 3.09. The highest BCUT2D eigenvalue weighted by Gasteiger charge is 2.18. The van der Waals surface area contributed by atoms with Crippen LogP contribution in [0.1, 0.15) is 9.67 Å². The number of hydrogen-bond acceptors (Lipinski definition) is 2. The van der Waals surface area contributed by atoms with E-state index in [0.717, 1.165) is 17.4 Å². The number of hydrogen-bond donors (Lipinski definition) is 1. The predicted octanol–water partition coefficient (Wildman–Crippen LogP) is 4.05.